The number of pyridine rings is 1. The third-order valence-corrected chi connectivity index (χ3v) is 3.63. The van der Waals surface area contributed by atoms with E-state index in [0.29, 0.717) is 12.2 Å². The first-order valence-corrected chi connectivity index (χ1v) is 6.34. The van der Waals surface area contributed by atoms with E-state index in [1.165, 1.54) is 24.1 Å². The van der Waals surface area contributed by atoms with Gasteiger partial charge in [-0.3, -0.25) is 4.98 Å². The summed E-state index contributed by atoms with van der Waals surface area (Å²) < 4.78 is 5.88. The fourth-order valence-corrected chi connectivity index (χ4v) is 2.87. The first-order chi connectivity index (χ1) is 8.36. The molecule has 0 amide bonds. The normalized spacial score (nSPS) is 27.5. The molecule has 17 heavy (non-hydrogen) atoms. The van der Waals surface area contributed by atoms with E-state index >= 15 is 0 Å². The third kappa shape index (κ3) is 2.15. The van der Waals surface area contributed by atoms with Crippen molar-refractivity contribution in [2.24, 2.45) is 0 Å². The van der Waals surface area contributed by atoms with Gasteiger partial charge in [0, 0.05) is 43.3 Å². The summed E-state index contributed by atoms with van der Waals surface area (Å²) in [6.07, 6.45) is 7.14. The minimum absolute atomic E-state index is 0.435. The zero-order chi connectivity index (χ0) is 11.7. The van der Waals surface area contributed by atoms with Crippen molar-refractivity contribution in [1.82, 2.24) is 10.3 Å². The van der Waals surface area contributed by atoms with Crippen LogP contribution in [0.15, 0.2) is 18.5 Å². The van der Waals surface area contributed by atoms with Crippen LogP contribution in [0.1, 0.15) is 18.4 Å². The van der Waals surface area contributed by atoms with E-state index < -0.39 is 0 Å². The maximum absolute atomic E-state index is 5.88. The molecule has 3 rings (SSSR count). The largest absolute Gasteiger partial charge is 0.371 e. The average molecular weight is 233 g/mol. The fourth-order valence-electron chi connectivity index (χ4n) is 2.87. The first kappa shape index (κ1) is 11.0. The first-order valence-electron chi connectivity index (χ1n) is 6.34. The van der Waals surface area contributed by atoms with Gasteiger partial charge in [0.15, 0.2) is 0 Å². The zero-order valence-corrected chi connectivity index (χ0v) is 10.2. The summed E-state index contributed by atoms with van der Waals surface area (Å²) in [4.78, 5) is 6.67. The molecule has 2 atom stereocenters. The quantitative estimate of drug-likeness (QED) is 0.850. The molecular weight excluding hydrogens is 214 g/mol. The molecule has 1 N–H and O–H groups in total. The van der Waals surface area contributed by atoms with Crippen LogP contribution in [-0.4, -0.2) is 37.3 Å². The molecule has 2 saturated heterocycles. The molecule has 2 bridgehead atoms. The van der Waals surface area contributed by atoms with Gasteiger partial charge in [-0.1, -0.05) is 0 Å². The fraction of sp³-hybridized carbons (Fsp3) is 0.615. The van der Waals surface area contributed by atoms with E-state index in [2.05, 4.69) is 21.3 Å². The Labute approximate surface area is 102 Å². The van der Waals surface area contributed by atoms with Crippen molar-refractivity contribution in [1.29, 1.82) is 0 Å². The van der Waals surface area contributed by atoms with Gasteiger partial charge in [-0.15, -0.1) is 0 Å². The molecule has 1 aromatic heterocycles. The minimum Gasteiger partial charge on any atom is -0.371 e. The molecule has 3 heterocycles. The smallest absolute Gasteiger partial charge is 0.0755 e. The SMILES string of the molecule is CNCc1cnccc1N1CC2CCC(C1)O2. The van der Waals surface area contributed by atoms with E-state index in [1.54, 1.807) is 0 Å². The topological polar surface area (TPSA) is 37.4 Å². The lowest BCUT2D eigenvalue weighted by Crippen LogP contribution is -2.43. The van der Waals surface area contributed by atoms with E-state index in [1.807, 2.05) is 19.4 Å². The van der Waals surface area contributed by atoms with Crippen molar-refractivity contribution in [3.8, 4) is 0 Å². The van der Waals surface area contributed by atoms with Gasteiger partial charge in [0.1, 0.15) is 0 Å². The van der Waals surface area contributed by atoms with E-state index in [0.717, 1.165) is 19.6 Å². The number of aromatic nitrogens is 1. The Hall–Kier alpha value is -1.13. The van der Waals surface area contributed by atoms with E-state index in [9.17, 15) is 0 Å². The number of morpholine rings is 1. The van der Waals surface area contributed by atoms with Crippen LogP contribution in [-0.2, 0) is 11.3 Å². The second kappa shape index (κ2) is 4.63. The lowest BCUT2D eigenvalue weighted by Gasteiger charge is -2.34. The highest BCUT2D eigenvalue weighted by Crippen LogP contribution is 2.30. The molecule has 2 fully saturated rings. The van der Waals surface area contributed by atoms with Gasteiger partial charge < -0.3 is 15.0 Å². The maximum atomic E-state index is 5.88. The molecule has 4 heteroatoms. The highest BCUT2D eigenvalue weighted by Gasteiger charge is 2.34. The third-order valence-electron chi connectivity index (χ3n) is 3.63. The maximum Gasteiger partial charge on any atom is 0.0755 e. The van der Waals surface area contributed by atoms with Crippen LogP contribution in [0.25, 0.3) is 0 Å². The van der Waals surface area contributed by atoms with Gasteiger partial charge >= 0.3 is 0 Å². The number of hydrogen-bond donors (Lipinski definition) is 1. The second-order valence-electron chi connectivity index (χ2n) is 4.90. The summed E-state index contributed by atoms with van der Waals surface area (Å²) in [6, 6.07) is 2.12. The zero-order valence-electron chi connectivity index (χ0n) is 10.2. The number of ether oxygens (including phenoxy) is 1. The molecular formula is C13H19N3O. The van der Waals surface area contributed by atoms with Crippen molar-refractivity contribution < 1.29 is 4.74 Å². The van der Waals surface area contributed by atoms with Crippen LogP contribution in [0.4, 0.5) is 5.69 Å². The predicted molar refractivity (Wildman–Crippen MR) is 67.1 cm³/mol. The van der Waals surface area contributed by atoms with Gasteiger partial charge in [0.2, 0.25) is 0 Å². The molecule has 4 nitrogen and oxygen atoms in total. The van der Waals surface area contributed by atoms with Gasteiger partial charge in [0.25, 0.3) is 0 Å². The number of fused-ring (bicyclic) bond motifs is 2. The number of rotatable bonds is 3. The summed E-state index contributed by atoms with van der Waals surface area (Å²) in [6.45, 7) is 2.92. The Morgan fingerprint density at radius 1 is 1.41 bits per heavy atom. The predicted octanol–water partition coefficient (Wildman–Crippen LogP) is 1.17. The van der Waals surface area contributed by atoms with Crippen LogP contribution in [0, 0.1) is 0 Å². The summed E-state index contributed by atoms with van der Waals surface area (Å²) in [7, 11) is 1.97. The summed E-state index contributed by atoms with van der Waals surface area (Å²) in [5.74, 6) is 0. The van der Waals surface area contributed by atoms with Gasteiger partial charge in [-0.05, 0) is 26.0 Å². The number of nitrogens with one attached hydrogen (secondary N) is 1. The van der Waals surface area contributed by atoms with Crippen LogP contribution < -0.4 is 10.2 Å². The molecule has 2 aliphatic rings. The minimum atomic E-state index is 0.435. The number of nitrogens with zero attached hydrogens (tertiary/aromatic N) is 2. The molecule has 2 aliphatic heterocycles. The van der Waals surface area contributed by atoms with Crippen molar-refractivity contribution >= 4 is 5.69 Å². The molecule has 0 radical (unpaired) electrons. The lowest BCUT2D eigenvalue weighted by molar-refractivity contribution is 0.0304. The van der Waals surface area contributed by atoms with Crippen molar-refractivity contribution in [3.05, 3.63) is 24.0 Å². The van der Waals surface area contributed by atoms with Crippen LogP contribution in [0.2, 0.25) is 0 Å². The Kier molecular flexibility index (Phi) is 2.99. The molecule has 1 aromatic rings. The van der Waals surface area contributed by atoms with Gasteiger partial charge in [0.05, 0.1) is 12.2 Å². The summed E-state index contributed by atoms with van der Waals surface area (Å²) in [5, 5.41) is 3.20. The van der Waals surface area contributed by atoms with Crippen molar-refractivity contribution in [2.75, 3.05) is 25.0 Å². The average Bonchev–Trinajstić information content (AvgIpc) is 2.69. The van der Waals surface area contributed by atoms with Gasteiger partial charge in [-0.2, -0.15) is 0 Å². The standard InChI is InChI=1S/C13H19N3O/c1-14-6-10-7-15-5-4-13(10)16-8-11-2-3-12(9-16)17-11/h4-5,7,11-12,14H,2-3,6,8-9H2,1H3. The summed E-state index contributed by atoms with van der Waals surface area (Å²) >= 11 is 0. The molecule has 92 valence electrons. The van der Waals surface area contributed by atoms with E-state index in [4.69, 9.17) is 4.74 Å². The van der Waals surface area contributed by atoms with Gasteiger partial charge in [-0.25, -0.2) is 0 Å². The Balaban J connectivity index is 1.83. The van der Waals surface area contributed by atoms with Crippen molar-refractivity contribution in [3.63, 3.8) is 0 Å². The Morgan fingerprint density at radius 3 is 2.88 bits per heavy atom. The van der Waals surface area contributed by atoms with Crippen LogP contribution in [0.5, 0.6) is 0 Å². The highest BCUT2D eigenvalue weighted by atomic mass is 16.5. The van der Waals surface area contributed by atoms with Crippen molar-refractivity contribution in [2.45, 2.75) is 31.6 Å². The van der Waals surface area contributed by atoms with Crippen LogP contribution in [0.3, 0.4) is 0 Å². The second-order valence-corrected chi connectivity index (χ2v) is 4.90. The molecule has 2 unspecified atom stereocenters. The molecule has 0 spiro atoms. The lowest BCUT2D eigenvalue weighted by atomic mass is 10.2. The molecule has 0 aromatic carbocycles. The number of anilines is 1. The van der Waals surface area contributed by atoms with Crippen LogP contribution >= 0.6 is 0 Å². The Morgan fingerprint density at radius 2 is 2.18 bits per heavy atom. The molecule has 0 saturated carbocycles. The monoisotopic (exact) mass is 233 g/mol. The summed E-state index contributed by atoms with van der Waals surface area (Å²) in [5.41, 5.74) is 2.59. The highest BCUT2D eigenvalue weighted by molar-refractivity contribution is 5.53. The number of hydrogen-bond acceptors (Lipinski definition) is 4. The molecule has 0 aliphatic carbocycles. The Bertz CT molecular complexity index is 384. The van der Waals surface area contributed by atoms with E-state index in [-0.39, 0.29) is 0 Å².